The van der Waals surface area contributed by atoms with Gasteiger partial charge >= 0.3 is 0 Å². The predicted octanol–water partition coefficient (Wildman–Crippen LogP) is 3.09. The van der Waals surface area contributed by atoms with Crippen molar-refractivity contribution in [3.63, 3.8) is 0 Å². The van der Waals surface area contributed by atoms with Crippen LogP contribution in [0.1, 0.15) is 18.9 Å². The average molecular weight is 192 g/mol. The van der Waals surface area contributed by atoms with E-state index < -0.39 is 0 Å². The lowest BCUT2D eigenvalue weighted by Crippen LogP contribution is -1.99. The van der Waals surface area contributed by atoms with Crippen LogP contribution in [0.15, 0.2) is 36.6 Å². The average Bonchev–Trinajstić information content (AvgIpc) is 2.16. The largest absolute Gasteiger partial charge is 0.509 e. The van der Waals surface area contributed by atoms with E-state index in [1.54, 1.807) is 0 Å². The molecule has 0 saturated carbocycles. The summed E-state index contributed by atoms with van der Waals surface area (Å²) in [7, 11) is 0. The van der Waals surface area contributed by atoms with Gasteiger partial charge < -0.3 is 9.84 Å². The van der Waals surface area contributed by atoms with Gasteiger partial charge in [0.25, 0.3) is 0 Å². The predicted molar refractivity (Wildman–Crippen MR) is 57.7 cm³/mol. The van der Waals surface area contributed by atoms with Gasteiger partial charge in [0.15, 0.2) is 0 Å². The highest BCUT2D eigenvalue weighted by Crippen LogP contribution is 2.14. The Hall–Kier alpha value is -1.44. The van der Waals surface area contributed by atoms with Gasteiger partial charge in [0.05, 0.1) is 0 Å². The summed E-state index contributed by atoms with van der Waals surface area (Å²) >= 11 is 0. The summed E-state index contributed by atoms with van der Waals surface area (Å²) in [4.78, 5) is 0. The van der Waals surface area contributed by atoms with Gasteiger partial charge in [-0.3, -0.25) is 0 Å². The summed E-state index contributed by atoms with van der Waals surface area (Å²) in [6.45, 7) is 5.66. The lowest BCUT2D eigenvalue weighted by molar-refractivity contribution is 0.272. The van der Waals surface area contributed by atoms with Crippen molar-refractivity contribution in [2.75, 3.05) is 6.61 Å². The third-order valence-electron chi connectivity index (χ3n) is 1.84. The molecule has 0 radical (unpaired) electrons. The fraction of sp³-hybridized carbons (Fsp3) is 0.333. The third-order valence-corrected chi connectivity index (χ3v) is 1.84. The minimum Gasteiger partial charge on any atom is -0.509 e. The molecule has 1 aromatic rings. The fourth-order valence-electron chi connectivity index (χ4n) is 1.25. The summed E-state index contributed by atoms with van der Waals surface area (Å²) in [5, 5.41) is 8.87. The fourth-order valence-corrected chi connectivity index (χ4v) is 1.25. The highest BCUT2D eigenvalue weighted by molar-refractivity contribution is 5.28. The van der Waals surface area contributed by atoms with Gasteiger partial charge in [0.2, 0.25) is 0 Å². The molecule has 76 valence electrons. The van der Waals surface area contributed by atoms with Crippen molar-refractivity contribution in [2.24, 2.45) is 0 Å². The Bertz CT molecular complexity index is 305. The lowest BCUT2D eigenvalue weighted by atomic mass is 10.1. The van der Waals surface area contributed by atoms with E-state index in [9.17, 15) is 0 Å². The molecule has 0 bridgehead atoms. The maximum Gasteiger partial charge on any atom is 0.144 e. The maximum absolute atomic E-state index is 8.87. The van der Waals surface area contributed by atoms with Crippen molar-refractivity contribution in [1.82, 2.24) is 0 Å². The number of ether oxygens (including phenoxy) is 1. The van der Waals surface area contributed by atoms with Crippen LogP contribution in [0.25, 0.3) is 0 Å². The number of rotatable bonds is 5. The number of benzene rings is 1. The second-order valence-electron chi connectivity index (χ2n) is 3.25. The quantitative estimate of drug-likeness (QED) is 0.726. The standard InChI is InChI=1S/C12H16O2/c1-3-5-11-6-4-7-12(8-11)14-9-10(2)13/h4,6-8,13H,2-3,5,9H2,1H3. The molecule has 0 atom stereocenters. The van der Waals surface area contributed by atoms with E-state index in [0.29, 0.717) is 0 Å². The van der Waals surface area contributed by atoms with Crippen LogP contribution in [0.2, 0.25) is 0 Å². The Labute approximate surface area is 84.8 Å². The highest BCUT2D eigenvalue weighted by atomic mass is 16.5. The van der Waals surface area contributed by atoms with Gasteiger partial charge in [0, 0.05) is 0 Å². The first-order valence-electron chi connectivity index (χ1n) is 4.81. The molecule has 0 aliphatic rings. The molecular weight excluding hydrogens is 176 g/mol. The van der Waals surface area contributed by atoms with Crippen molar-refractivity contribution >= 4 is 0 Å². The highest BCUT2D eigenvalue weighted by Gasteiger charge is 1.96. The minimum absolute atomic E-state index is 0.0471. The van der Waals surface area contributed by atoms with Crippen LogP contribution in [0.5, 0.6) is 5.75 Å². The smallest absolute Gasteiger partial charge is 0.144 e. The SMILES string of the molecule is C=C(O)COc1cccc(CCC)c1. The zero-order valence-electron chi connectivity index (χ0n) is 8.49. The van der Waals surface area contributed by atoms with E-state index in [4.69, 9.17) is 9.84 Å². The molecule has 0 aliphatic carbocycles. The zero-order valence-corrected chi connectivity index (χ0v) is 8.49. The molecular formula is C12H16O2. The molecule has 2 heteroatoms. The van der Waals surface area contributed by atoms with Crippen molar-refractivity contribution in [2.45, 2.75) is 19.8 Å². The number of aliphatic hydroxyl groups is 1. The Balaban J connectivity index is 2.58. The first-order chi connectivity index (χ1) is 6.72. The number of aliphatic hydroxyl groups excluding tert-OH is 1. The van der Waals surface area contributed by atoms with Gasteiger partial charge in [-0.25, -0.2) is 0 Å². The van der Waals surface area contributed by atoms with Crippen LogP contribution in [-0.2, 0) is 6.42 Å². The Morgan fingerprint density at radius 3 is 2.93 bits per heavy atom. The van der Waals surface area contributed by atoms with Crippen molar-refractivity contribution in [3.05, 3.63) is 42.2 Å². The molecule has 0 saturated heterocycles. The van der Waals surface area contributed by atoms with E-state index in [1.165, 1.54) is 5.56 Å². The number of hydrogen-bond acceptors (Lipinski definition) is 2. The monoisotopic (exact) mass is 192 g/mol. The van der Waals surface area contributed by atoms with E-state index in [0.717, 1.165) is 18.6 Å². The Kier molecular flexibility index (Phi) is 4.05. The van der Waals surface area contributed by atoms with Gasteiger partial charge in [-0.05, 0) is 24.1 Å². The summed E-state index contributed by atoms with van der Waals surface area (Å²) in [5.41, 5.74) is 1.26. The summed E-state index contributed by atoms with van der Waals surface area (Å²) in [5.74, 6) is 0.831. The van der Waals surface area contributed by atoms with Crippen LogP contribution < -0.4 is 4.74 Å². The third kappa shape index (κ3) is 3.52. The van der Waals surface area contributed by atoms with E-state index in [1.807, 2.05) is 18.2 Å². The zero-order chi connectivity index (χ0) is 10.4. The molecule has 0 heterocycles. The Morgan fingerprint density at radius 2 is 2.29 bits per heavy atom. The first-order valence-corrected chi connectivity index (χ1v) is 4.81. The van der Waals surface area contributed by atoms with Gasteiger partial charge in [-0.1, -0.05) is 32.1 Å². The van der Waals surface area contributed by atoms with E-state index in [-0.39, 0.29) is 12.4 Å². The minimum atomic E-state index is 0.0471. The number of aryl methyl sites for hydroxylation is 1. The van der Waals surface area contributed by atoms with Crippen LogP contribution in [0, 0.1) is 0 Å². The first kappa shape index (κ1) is 10.6. The van der Waals surface area contributed by atoms with Gasteiger partial charge in [0.1, 0.15) is 18.1 Å². The molecule has 0 aromatic heterocycles. The number of hydrogen-bond donors (Lipinski definition) is 1. The second-order valence-corrected chi connectivity index (χ2v) is 3.25. The topological polar surface area (TPSA) is 29.5 Å². The maximum atomic E-state index is 8.87. The van der Waals surface area contributed by atoms with Gasteiger partial charge in [-0.2, -0.15) is 0 Å². The molecule has 2 nitrogen and oxygen atoms in total. The molecule has 0 spiro atoms. The van der Waals surface area contributed by atoms with Gasteiger partial charge in [-0.15, -0.1) is 0 Å². The van der Waals surface area contributed by atoms with Crippen molar-refractivity contribution < 1.29 is 9.84 Å². The molecule has 0 fully saturated rings. The summed E-state index contributed by atoms with van der Waals surface area (Å²) in [6.07, 6.45) is 2.17. The van der Waals surface area contributed by atoms with E-state index >= 15 is 0 Å². The molecule has 14 heavy (non-hydrogen) atoms. The summed E-state index contributed by atoms with van der Waals surface area (Å²) < 4.78 is 5.30. The van der Waals surface area contributed by atoms with Crippen LogP contribution in [-0.4, -0.2) is 11.7 Å². The molecule has 0 unspecified atom stereocenters. The molecule has 1 N–H and O–H groups in total. The second kappa shape index (κ2) is 5.32. The summed E-state index contributed by atoms with van der Waals surface area (Å²) in [6, 6.07) is 7.90. The lowest BCUT2D eigenvalue weighted by Gasteiger charge is -2.06. The van der Waals surface area contributed by atoms with Crippen LogP contribution in [0.3, 0.4) is 0 Å². The van der Waals surface area contributed by atoms with Crippen LogP contribution in [0.4, 0.5) is 0 Å². The van der Waals surface area contributed by atoms with Crippen LogP contribution >= 0.6 is 0 Å². The van der Waals surface area contributed by atoms with E-state index in [2.05, 4.69) is 19.6 Å². The molecule has 1 rings (SSSR count). The molecule has 1 aromatic carbocycles. The Morgan fingerprint density at radius 1 is 1.50 bits per heavy atom. The molecule has 0 aliphatic heterocycles. The van der Waals surface area contributed by atoms with Crippen molar-refractivity contribution in [3.8, 4) is 5.75 Å². The normalized spacial score (nSPS) is 9.79. The molecule has 0 amide bonds. The van der Waals surface area contributed by atoms with Crippen molar-refractivity contribution in [1.29, 1.82) is 0 Å².